The van der Waals surface area contributed by atoms with Crippen molar-refractivity contribution in [2.75, 3.05) is 7.05 Å². The average Bonchev–Trinajstić information content (AvgIpc) is 2.84. The van der Waals surface area contributed by atoms with Gasteiger partial charge in [-0.15, -0.1) is 0 Å². The first-order valence-electron chi connectivity index (χ1n) is 5.87. The molecule has 1 unspecified atom stereocenters. The fraction of sp³-hybridized carbons (Fsp3) is 0.385. The molecule has 0 aliphatic heterocycles. The Bertz CT molecular complexity index is 453. The molecule has 90 valence electrons. The lowest BCUT2D eigenvalue weighted by atomic mass is 10.0. The van der Waals surface area contributed by atoms with Crippen LogP contribution in [0.25, 0.3) is 0 Å². The molecule has 1 aromatic carbocycles. The quantitative estimate of drug-likeness (QED) is 0.856. The summed E-state index contributed by atoms with van der Waals surface area (Å²) in [5, 5.41) is 7.17. The van der Waals surface area contributed by atoms with Crippen molar-refractivity contribution in [1.29, 1.82) is 0 Å². The van der Waals surface area contributed by atoms with Crippen LogP contribution in [-0.2, 0) is 12.8 Å². The van der Waals surface area contributed by atoms with Crippen molar-refractivity contribution >= 4 is 0 Å². The first-order chi connectivity index (χ1) is 8.33. The first kappa shape index (κ1) is 11.8. The Morgan fingerprint density at radius 3 is 2.65 bits per heavy atom. The maximum Gasteiger partial charge on any atom is 0.228 e. The molecule has 1 heterocycles. The SMILES string of the molecule is CCc1noc(CC(NC)c2ccccc2)n1. The summed E-state index contributed by atoms with van der Waals surface area (Å²) in [5.74, 6) is 1.45. The van der Waals surface area contributed by atoms with E-state index in [0.717, 1.165) is 12.2 Å². The molecule has 2 aromatic rings. The molecular formula is C13H17N3O. The normalized spacial score (nSPS) is 12.6. The molecule has 0 aliphatic carbocycles. The van der Waals surface area contributed by atoms with Gasteiger partial charge in [0.15, 0.2) is 5.82 Å². The summed E-state index contributed by atoms with van der Waals surface area (Å²) in [5.41, 5.74) is 1.23. The standard InChI is InChI=1S/C13H17N3O/c1-3-12-15-13(17-16-12)9-11(14-2)10-7-5-4-6-8-10/h4-8,11,14H,3,9H2,1-2H3. The number of benzene rings is 1. The average molecular weight is 231 g/mol. The van der Waals surface area contributed by atoms with Gasteiger partial charge in [0.25, 0.3) is 0 Å². The Labute approximate surface area is 101 Å². The van der Waals surface area contributed by atoms with E-state index in [0.29, 0.717) is 12.3 Å². The molecule has 0 spiro atoms. The lowest BCUT2D eigenvalue weighted by Crippen LogP contribution is -2.18. The molecule has 1 N–H and O–H groups in total. The van der Waals surface area contributed by atoms with Gasteiger partial charge in [-0.1, -0.05) is 42.4 Å². The zero-order valence-electron chi connectivity index (χ0n) is 10.2. The smallest absolute Gasteiger partial charge is 0.228 e. The fourth-order valence-electron chi connectivity index (χ4n) is 1.76. The minimum Gasteiger partial charge on any atom is -0.339 e. The van der Waals surface area contributed by atoms with Crippen LogP contribution in [0.15, 0.2) is 34.9 Å². The Balaban J connectivity index is 2.10. The highest BCUT2D eigenvalue weighted by atomic mass is 16.5. The van der Waals surface area contributed by atoms with Crippen LogP contribution in [0, 0.1) is 0 Å². The number of likely N-dealkylation sites (N-methyl/N-ethyl adjacent to an activating group) is 1. The summed E-state index contributed by atoms with van der Waals surface area (Å²) in [4.78, 5) is 4.32. The van der Waals surface area contributed by atoms with E-state index >= 15 is 0 Å². The van der Waals surface area contributed by atoms with Crippen molar-refractivity contribution in [3.63, 3.8) is 0 Å². The fourth-order valence-corrected chi connectivity index (χ4v) is 1.76. The summed E-state index contributed by atoms with van der Waals surface area (Å²) < 4.78 is 5.21. The maximum absolute atomic E-state index is 5.21. The number of nitrogens with zero attached hydrogens (tertiary/aromatic N) is 2. The third-order valence-corrected chi connectivity index (χ3v) is 2.76. The minimum absolute atomic E-state index is 0.210. The second-order valence-electron chi connectivity index (χ2n) is 3.91. The van der Waals surface area contributed by atoms with Crippen LogP contribution in [0.4, 0.5) is 0 Å². The summed E-state index contributed by atoms with van der Waals surface area (Å²) >= 11 is 0. The molecule has 4 nitrogen and oxygen atoms in total. The highest BCUT2D eigenvalue weighted by Gasteiger charge is 2.14. The predicted octanol–water partition coefficient (Wildman–Crippen LogP) is 2.14. The molecule has 1 atom stereocenters. The van der Waals surface area contributed by atoms with Gasteiger partial charge in [-0.2, -0.15) is 4.98 Å². The Morgan fingerprint density at radius 1 is 1.29 bits per heavy atom. The first-order valence-corrected chi connectivity index (χ1v) is 5.87. The van der Waals surface area contributed by atoms with Crippen molar-refractivity contribution in [2.24, 2.45) is 0 Å². The lowest BCUT2D eigenvalue weighted by molar-refractivity contribution is 0.358. The Hall–Kier alpha value is -1.68. The van der Waals surface area contributed by atoms with Crippen LogP contribution < -0.4 is 5.32 Å². The molecule has 0 aliphatic rings. The zero-order chi connectivity index (χ0) is 12.1. The Morgan fingerprint density at radius 2 is 2.06 bits per heavy atom. The molecule has 0 radical (unpaired) electrons. The highest BCUT2D eigenvalue weighted by Crippen LogP contribution is 2.16. The van der Waals surface area contributed by atoms with Crippen LogP contribution in [0.5, 0.6) is 0 Å². The Kier molecular flexibility index (Phi) is 3.88. The summed E-state index contributed by atoms with van der Waals surface area (Å²) in [6.45, 7) is 2.02. The van der Waals surface area contributed by atoms with E-state index in [1.165, 1.54) is 5.56 Å². The van der Waals surface area contributed by atoms with Gasteiger partial charge in [0.05, 0.1) is 0 Å². The molecule has 0 saturated carbocycles. The minimum atomic E-state index is 0.210. The van der Waals surface area contributed by atoms with Gasteiger partial charge in [0.2, 0.25) is 5.89 Å². The van der Waals surface area contributed by atoms with Crippen molar-refractivity contribution in [1.82, 2.24) is 15.5 Å². The topological polar surface area (TPSA) is 51.0 Å². The molecular weight excluding hydrogens is 214 g/mol. The molecule has 0 bridgehead atoms. The predicted molar refractivity (Wildman–Crippen MR) is 65.6 cm³/mol. The number of aryl methyl sites for hydroxylation is 1. The number of nitrogens with one attached hydrogen (secondary N) is 1. The third-order valence-electron chi connectivity index (χ3n) is 2.76. The number of hydrogen-bond acceptors (Lipinski definition) is 4. The molecule has 0 amide bonds. The van der Waals surface area contributed by atoms with Crippen molar-refractivity contribution in [2.45, 2.75) is 25.8 Å². The van der Waals surface area contributed by atoms with Crippen LogP contribution in [0.2, 0.25) is 0 Å². The molecule has 0 saturated heterocycles. The number of hydrogen-bond donors (Lipinski definition) is 1. The lowest BCUT2D eigenvalue weighted by Gasteiger charge is -2.13. The van der Waals surface area contributed by atoms with Gasteiger partial charge >= 0.3 is 0 Å². The van der Waals surface area contributed by atoms with Crippen molar-refractivity contribution in [3.05, 3.63) is 47.6 Å². The van der Waals surface area contributed by atoms with Crippen LogP contribution in [0.1, 0.15) is 30.2 Å². The molecule has 4 heteroatoms. The molecule has 1 aromatic heterocycles. The number of rotatable bonds is 5. The molecule has 2 rings (SSSR count). The van der Waals surface area contributed by atoms with Gasteiger partial charge in [-0.05, 0) is 12.6 Å². The molecule has 17 heavy (non-hydrogen) atoms. The van der Waals surface area contributed by atoms with Gasteiger partial charge in [0.1, 0.15) is 0 Å². The highest BCUT2D eigenvalue weighted by molar-refractivity contribution is 5.19. The third kappa shape index (κ3) is 2.91. The van der Waals surface area contributed by atoms with Crippen molar-refractivity contribution < 1.29 is 4.52 Å². The van der Waals surface area contributed by atoms with E-state index in [2.05, 4.69) is 27.6 Å². The van der Waals surface area contributed by atoms with E-state index < -0.39 is 0 Å². The van der Waals surface area contributed by atoms with Crippen molar-refractivity contribution in [3.8, 4) is 0 Å². The zero-order valence-corrected chi connectivity index (χ0v) is 10.2. The van der Waals surface area contributed by atoms with Crippen LogP contribution in [0.3, 0.4) is 0 Å². The van der Waals surface area contributed by atoms with Gasteiger partial charge < -0.3 is 9.84 Å². The number of aromatic nitrogens is 2. The maximum atomic E-state index is 5.21. The summed E-state index contributed by atoms with van der Waals surface area (Å²) in [6, 6.07) is 10.5. The van der Waals surface area contributed by atoms with Gasteiger partial charge in [-0.3, -0.25) is 0 Å². The van der Waals surface area contributed by atoms with Gasteiger partial charge in [0, 0.05) is 18.9 Å². The largest absolute Gasteiger partial charge is 0.339 e. The van der Waals surface area contributed by atoms with E-state index in [4.69, 9.17) is 4.52 Å². The summed E-state index contributed by atoms with van der Waals surface area (Å²) in [7, 11) is 1.94. The summed E-state index contributed by atoms with van der Waals surface area (Å²) in [6.07, 6.45) is 1.52. The second kappa shape index (κ2) is 5.59. The van der Waals surface area contributed by atoms with E-state index in [-0.39, 0.29) is 6.04 Å². The van der Waals surface area contributed by atoms with E-state index in [9.17, 15) is 0 Å². The van der Waals surface area contributed by atoms with Crippen LogP contribution >= 0.6 is 0 Å². The molecule has 0 fully saturated rings. The van der Waals surface area contributed by atoms with Crippen LogP contribution in [-0.4, -0.2) is 17.2 Å². The van der Waals surface area contributed by atoms with Gasteiger partial charge in [-0.25, -0.2) is 0 Å². The monoisotopic (exact) mass is 231 g/mol. The van der Waals surface area contributed by atoms with E-state index in [1.54, 1.807) is 0 Å². The second-order valence-corrected chi connectivity index (χ2v) is 3.91. The van der Waals surface area contributed by atoms with E-state index in [1.807, 2.05) is 32.2 Å².